The number of nitrogens with zero attached hydrogens (tertiary/aromatic N) is 3. The lowest BCUT2D eigenvalue weighted by molar-refractivity contribution is -0.0817. The molecule has 0 spiro atoms. The molecule has 3 saturated heterocycles. The summed E-state index contributed by atoms with van der Waals surface area (Å²) in [7, 11) is 0. The van der Waals surface area contributed by atoms with Gasteiger partial charge in [-0.15, -0.1) is 24.0 Å². The second kappa shape index (κ2) is 12.3. The van der Waals surface area contributed by atoms with Crippen LogP contribution in [0.4, 0.5) is 0 Å². The summed E-state index contributed by atoms with van der Waals surface area (Å²) in [5.41, 5.74) is 0. The summed E-state index contributed by atoms with van der Waals surface area (Å²) in [5.74, 6) is 1.02. The molecule has 3 heterocycles. The van der Waals surface area contributed by atoms with Crippen LogP contribution in [0.5, 0.6) is 0 Å². The number of aliphatic imine (C=N–C) groups is 1. The molecule has 2 unspecified atom stereocenters. The van der Waals surface area contributed by atoms with Gasteiger partial charge in [-0.25, -0.2) is 0 Å². The Hall–Kier alpha value is -0.160. The molecule has 3 aliphatic rings. The van der Waals surface area contributed by atoms with Gasteiger partial charge in [0.15, 0.2) is 5.96 Å². The van der Waals surface area contributed by atoms with Crippen LogP contribution in [-0.2, 0) is 14.2 Å². The number of morpholine rings is 2. The molecule has 0 aromatic carbocycles. The highest BCUT2D eigenvalue weighted by atomic mass is 127. The Kier molecular flexibility index (Phi) is 10.5. The first-order chi connectivity index (χ1) is 12.4. The fourth-order valence-electron chi connectivity index (χ4n) is 3.72. The predicted molar refractivity (Wildman–Crippen MR) is 114 cm³/mol. The molecule has 0 radical (unpaired) electrons. The highest BCUT2D eigenvalue weighted by Crippen LogP contribution is 2.21. The Balaban J connectivity index is 0.00000243. The number of halogens is 1. The molecule has 0 amide bonds. The molecule has 26 heavy (non-hydrogen) atoms. The number of nitrogens with one attached hydrogen (secondary N) is 1. The molecule has 152 valence electrons. The fourth-order valence-corrected chi connectivity index (χ4v) is 3.72. The third kappa shape index (κ3) is 6.78. The van der Waals surface area contributed by atoms with E-state index in [9.17, 15) is 0 Å². The Morgan fingerprint density at radius 2 is 1.88 bits per heavy atom. The summed E-state index contributed by atoms with van der Waals surface area (Å²) in [6.07, 6.45) is 3.79. The second-order valence-electron chi connectivity index (χ2n) is 6.95. The molecule has 3 aliphatic heterocycles. The lowest BCUT2D eigenvalue weighted by Gasteiger charge is -2.37. The molecular weight excluding hydrogens is 447 g/mol. The molecule has 2 atom stereocenters. The van der Waals surface area contributed by atoms with Crippen molar-refractivity contribution < 1.29 is 14.2 Å². The second-order valence-corrected chi connectivity index (χ2v) is 6.95. The van der Waals surface area contributed by atoms with Gasteiger partial charge in [-0.1, -0.05) is 0 Å². The smallest absolute Gasteiger partial charge is 0.194 e. The van der Waals surface area contributed by atoms with Crippen LogP contribution in [-0.4, -0.2) is 100 Å². The lowest BCUT2D eigenvalue weighted by Crippen LogP contribution is -2.53. The SMILES string of the molecule is CCNC(=NCCCN1CCOCC1)N1CCOC(C2CCCO2)C1.I. The Labute approximate surface area is 174 Å². The van der Waals surface area contributed by atoms with E-state index >= 15 is 0 Å². The third-order valence-corrected chi connectivity index (χ3v) is 5.11. The van der Waals surface area contributed by atoms with Gasteiger partial charge in [-0.05, 0) is 26.2 Å². The van der Waals surface area contributed by atoms with E-state index in [0.717, 1.165) is 97.5 Å². The zero-order chi connectivity index (χ0) is 17.3. The van der Waals surface area contributed by atoms with E-state index in [2.05, 4.69) is 22.0 Å². The molecule has 8 heteroatoms. The van der Waals surface area contributed by atoms with Gasteiger partial charge in [0.2, 0.25) is 0 Å². The molecule has 3 fully saturated rings. The maximum absolute atomic E-state index is 5.96. The van der Waals surface area contributed by atoms with Crippen molar-refractivity contribution in [2.45, 2.75) is 38.4 Å². The standard InChI is InChI=1S/C18H34N4O3.HI/c1-2-19-18(20-6-4-7-21-8-12-23-13-9-21)22-10-14-25-17(15-22)16-5-3-11-24-16;/h16-17H,2-15H2,1H3,(H,19,20);1H. The van der Waals surface area contributed by atoms with Gasteiger partial charge < -0.3 is 24.4 Å². The van der Waals surface area contributed by atoms with Gasteiger partial charge in [0.25, 0.3) is 0 Å². The van der Waals surface area contributed by atoms with E-state index in [-0.39, 0.29) is 36.2 Å². The van der Waals surface area contributed by atoms with Crippen LogP contribution in [0, 0.1) is 0 Å². The minimum atomic E-state index is 0. The zero-order valence-electron chi connectivity index (χ0n) is 16.0. The third-order valence-electron chi connectivity index (χ3n) is 5.11. The van der Waals surface area contributed by atoms with Crippen molar-refractivity contribution in [2.24, 2.45) is 4.99 Å². The van der Waals surface area contributed by atoms with Gasteiger partial charge in [-0.2, -0.15) is 0 Å². The van der Waals surface area contributed by atoms with E-state index in [4.69, 9.17) is 19.2 Å². The first-order valence-electron chi connectivity index (χ1n) is 9.93. The van der Waals surface area contributed by atoms with Gasteiger partial charge in [0.05, 0.1) is 25.9 Å². The minimum absolute atomic E-state index is 0. The average Bonchev–Trinajstić information content (AvgIpc) is 3.20. The van der Waals surface area contributed by atoms with E-state index in [1.54, 1.807) is 0 Å². The summed E-state index contributed by atoms with van der Waals surface area (Å²) >= 11 is 0. The maximum Gasteiger partial charge on any atom is 0.194 e. The van der Waals surface area contributed by atoms with Crippen molar-refractivity contribution in [2.75, 3.05) is 72.2 Å². The highest BCUT2D eigenvalue weighted by molar-refractivity contribution is 14.0. The van der Waals surface area contributed by atoms with Crippen molar-refractivity contribution in [3.05, 3.63) is 0 Å². The van der Waals surface area contributed by atoms with Crippen LogP contribution >= 0.6 is 24.0 Å². The molecular formula is C18H35IN4O3. The summed E-state index contributed by atoms with van der Waals surface area (Å²) in [5, 5.41) is 3.45. The molecule has 0 aliphatic carbocycles. The summed E-state index contributed by atoms with van der Waals surface area (Å²) in [4.78, 5) is 9.67. The molecule has 1 N–H and O–H groups in total. The van der Waals surface area contributed by atoms with Crippen molar-refractivity contribution in [3.8, 4) is 0 Å². The van der Waals surface area contributed by atoms with Gasteiger partial charge in [-0.3, -0.25) is 9.89 Å². The number of rotatable bonds is 6. The Morgan fingerprint density at radius 3 is 2.62 bits per heavy atom. The minimum Gasteiger partial charge on any atom is -0.379 e. The van der Waals surface area contributed by atoms with Gasteiger partial charge >= 0.3 is 0 Å². The van der Waals surface area contributed by atoms with Crippen LogP contribution in [0.15, 0.2) is 4.99 Å². The quantitative estimate of drug-likeness (QED) is 0.266. The van der Waals surface area contributed by atoms with E-state index in [0.29, 0.717) is 0 Å². The van der Waals surface area contributed by atoms with Crippen LogP contribution < -0.4 is 5.32 Å². The molecule has 7 nitrogen and oxygen atoms in total. The van der Waals surface area contributed by atoms with E-state index in [1.807, 2.05) is 0 Å². The fraction of sp³-hybridized carbons (Fsp3) is 0.944. The van der Waals surface area contributed by atoms with Crippen molar-refractivity contribution >= 4 is 29.9 Å². The van der Waals surface area contributed by atoms with E-state index in [1.165, 1.54) is 0 Å². The molecule has 0 saturated carbocycles. The normalized spacial score (nSPS) is 28.0. The topological polar surface area (TPSA) is 58.6 Å². The van der Waals surface area contributed by atoms with Crippen molar-refractivity contribution in [1.29, 1.82) is 0 Å². The average molecular weight is 482 g/mol. The van der Waals surface area contributed by atoms with Crippen LogP contribution in [0.25, 0.3) is 0 Å². The molecule has 3 rings (SSSR count). The lowest BCUT2D eigenvalue weighted by atomic mass is 10.1. The van der Waals surface area contributed by atoms with Crippen LogP contribution in [0.2, 0.25) is 0 Å². The monoisotopic (exact) mass is 482 g/mol. The number of ether oxygens (including phenoxy) is 3. The number of hydrogen-bond acceptors (Lipinski definition) is 5. The highest BCUT2D eigenvalue weighted by Gasteiger charge is 2.32. The first kappa shape index (κ1) is 22.1. The summed E-state index contributed by atoms with van der Waals surface area (Å²) in [6.45, 7) is 12.2. The van der Waals surface area contributed by atoms with E-state index < -0.39 is 0 Å². The predicted octanol–water partition coefficient (Wildman–Crippen LogP) is 1.17. The number of guanidine groups is 1. The summed E-state index contributed by atoms with van der Waals surface area (Å²) < 4.78 is 17.2. The molecule has 0 aromatic rings. The first-order valence-corrected chi connectivity index (χ1v) is 9.93. The van der Waals surface area contributed by atoms with Crippen molar-refractivity contribution in [1.82, 2.24) is 15.1 Å². The van der Waals surface area contributed by atoms with Crippen molar-refractivity contribution in [3.63, 3.8) is 0 Å². The van der Waals surface area contributed by atoms with Crippen LogP contribution in [0.1, 0.15) is 26.2 Å². The Bertz CT molecular complexity index is 415. The zero-order valence-corrected chi connectivity index (χ0v) is 18.4. The molecule has 0 aromatic heterocycles. The number of hydrogen-bond donors (Lipinski definition) is 1. The van der Waals surface area contributed by atoms with Gasteiger partial charge in [0.1, 0.15) is 6.10 Å². The largest absolute Gasteiger partial charge is 0.379 e. The van der Waals surface area contributed by atoms with Crippen LogP contribution in [0.3, 0.4) is 0 Å². The van der Waals surface area contributed by atoms with Gasteiger partial charge in [0, 0.05) is 52.4 Å². The summed E-state index contributed by atoms with van der Waals surface area (Å²) in [6, 6.07) is 0. The maximum atomic E-state index is 5.96. The molecule has 0 bridgehead atoms. The Morgan fingerprint density at radius 1 is 1.08 bits per heavy atom.